The highest BCUT2D eigenvalue weighted by Gasteiger charge is 2.30. The molecule has 0 radical (unpaired) electrons. The Kier molecular flexibility index (Phi) is 10.2. The summed E-state index contributed by atoms with van der Waals surface area (Å²) in [7, 11) is 5.31. The molecule has 0 spiro atoms. The van der Waals surface area contributed by atoms with Crippen molar-refractivity contribution in [3.05, 3.63) is 35.4 Å². The van der Waals surface area contributed by atoms with E-state index in [0.29, 0.717) is 12.1 Å². The van der Waals surface area contributed by atoms with Gasteiger partial charge in [-0.2, -0.15) is 0 Å². The lowest BCUT2D eigenvalue weighted by molar-refractivity contribution is -0.135. The minimum atomic E-state index is -0.0568. The first kappa shape index (κ1) is 26.4. The topological polar surface area (TPSA) is 71.5 Å². The monoisotopic (exact) mass is 556 g/mol. The average molecular weight is 556 g/mol. The van der Waals surface area contributed by atoms with Crippen LogP contribution in [-0.2, 0) is 11.3 Å². The molecule has 1 N–H and O–H groups in total. The van der Waals surface area contributed by atoms with Crippen molar-refractivity contribution in [1.29, 1.82) is 0 Å². The number of nitrogens with one attached hydrogen (secondary N) is 1. The molecule has 1 aromatic rings. The fourth-order valence-corrected chi connectivity index (χ4v) is 4.22. The highest BCUT2D eigenvalue weighted by molar-refractivity contribution is 14.0. The van der Waals surface area contributed by atoms with Crippen LogP contribution in [0.2, 0.25) is 0 Å². The molecule has 32 heavy (non-hydrogen) atoms. The third-order valence-electron chi connectivity index (χ3n) is 6.21. The Bertz CT molecular complexity index is 784. The lowest BCUT2D eigenvalue weighted by Crippen LogP contribution is -2.57. The summed E-state index contributed by atoms with van der Waals surface area (Å²) in [5.74, 6) is 1.14. The number of halogens is 1. The molecule has 8 nitrogen and oxygen atoms in total. The Morgan fingerprint density at radius 2 is 1.59 bits per heavy atom. The Hall–Kier alpha value is -1.88. The summed E-state index contributed by atoms with van der Waals surface area (Å²) in [5, 5.41) is 3.43. The van der Waals surface area contributed by atoms with E-state index >= 15 is 0 Å². The number of rotatable bonds is 5. The minimum Gasteiger partial charge on any atom is -0.352 e. The van der Waals surface area contributed by atoms with Crippen molar-refractivity contribution in [2.75, 3.05) is 60.4 Å². The van der Waals surface area contributed by atoms with E-state index in [4.69, 9.17) is 0 Å². The van der Waals surface area contributed by atoms with Crippen molar-refractivity contribution in [3.63, 3.8) is 0 Å². The number of hydrogen-bond donors (Lipinski definition) is 1. The Balaban J connectivity index is 0.00000363. The average Bonchev–Trinajstić information content (AvgIpc) is 3.34. The molecule has 0 aliphatic carbocycles. The summed E-state index contributed by atoms with van der Waals surface area (Å²) in [5.41, 5.74) is 1.78. The van der Waals surface area contributed by atoms with Gasteiger partial charge in [0, 0.05) is 72.5 Å². The van der Waals surface area contributed by atoms with Gasteiger partial charge in [0.2, 0.25) is 5.91 Å². The first-order valence-electron chi connectivity index (χ1n) is 11.2. The van der Waals surface area contributed by atoms with Crippen LogP contribution < -0.4 is 5.32 Å². The number of aliphatic imine (C=N–C) groups is 1. The van der Waals surface area contributed by atoms with E-state index in [1.54, 1.807) is 26.0 Å². The van der Waals surface area contributed by atoms with Crippen LogP contribution in [0.25, 0.3) is 0 Å². The van der Waals surface area contributed by atoms with Gasteiger partial charge in [-0.1, -0.05) is 12.1 Å². The van der Waals surface area contributed by atoms with Crippen LogP contribution in [0.3, 0.4) is 0 Å². The van der Waals surface area contributed by atoms with Gasteiger partial charge < -0.3 is 20.0 Å². The highest BCUT2D eigenvalue weighted by atomic mass is 127. The second kappa shape index (κ2) is 12.4. The van der Waals surface area contributed by atoms with Crippen LogP contribution in [0.15, 0.2) is 29.3 Å². The van der Waals surface area contributed by atoms with Gasteiger partial charge in [0.1, 0.15) is 0 Å². The maximum absolute atomic E-state index is 12.7. The minimum absolute atomic E-state index is 0. The molecule has 2 fully saturated rings. The number of amides is 2. The molecule has 178 valence electrons. The Labute approximate surface area is 209 Å². The molecule has 1 aromatic carbocycles. The van der Waals surface area contributed by atoms with E-state index in [-0.39, 0.29) is 41.8 Å². The van der Waals surface area contributed by atoms with Gasteiger partial charge in [-0.15, -0.1) is 24.0 Å². The SMILES string of the molecule is CN=C(NCc1ccc(C(=O)N(C)C)cc1)N1CCN(C(C)C(=O)N2CCCC2)CC1.I. The number of benzene rings is 1. The third kappa shape index (κ3) is 6.57. The second-order valence-corrected chi connectivity index (χ2v) is 8.53. The van der Waals surface area contributed by atoms with E-state index in [9.17, 15) is 9.59 Å². The first-order valence-corrected chi connectivity index (χ1v) is 11.2. The molecule has 3 rings (SSSR count). The van der Waals surface area contributed by atoms with Crippen LogP contribution in [0.1, 0.15) is 35.7 Å². The van der Waals surface area contributed by atoms with E-state index in [1.807, 2.05) is 36.1 Å². The number of carbonyl (C=O) groups excluding carboxylic acids is 2. The van der Waals surface area contributed by atoms with Crippen LogP contribution >= 0.6 is 24.0 Å². The molecule has 0 aromatic heterocycles. The van der Waals surface area contributed by atoms with Gasteiger partial charge in [-0.05, 0) is 37.5 Å². The molecule has 2 saturated heterocycles. The smallest absolute Gasteiger partial charge is 0.253 e. The van der Waals surface area contributed by atoms with Gasteiger partial charge >= 0.3 is 0 Å². The van der Waals surface area contributed by atoms with Crippen LogP contribution in [0.5, 0.6) is 0 Å². The van der Waals surface area contributed by atoms with Crippen LogP contribution in [0, 0.1) is 0 Å². The molecule has 2 heterocycles. The van der Waals surface area contributed by atoms with Crippen molar-refractivity contribution < 1.29 is 9.59 Å². The Morgan fingerprint density at radius 1 is 1.00 bits per heavy atom. The molecule has 1 atom stereocenters. The first-order chi connectivity index (χ1) is 14.9. The third-order valence-corrected chi connectivity index (χ3v) is 6.21. The van der Waals surface area contributed by atoms with E-state index in [2.05, 4.69) is 20.1 Å². The largest absolute Gasteiger partial charge is 0.352 e. The van der Waals surface area contributed by atoms with Crippen molar-refractivity contribution in [1.82, 2.24) is 24.9 Å². The predicted molar refractivity (Wildman–Crippen MR) is 138 cm³/mol. The van der Waals surface area contributed by atoms with Gasteiger partial charge in [0.05, 0.1) is 6.04 Å². The molecule has 0 bridgehead atoms. The molecular weight excluding hydrogens is 519 g/mol. The summed E-state index contributed by atoms with van der Waals surface area (Å²) in [6.45, 7) is 7.88. The van der Waals surface area contributed by atoms with Gasteiger partial charge in [-0.25, -0.2) is 0 Å². The zero-order valence-electron chi connectivity index (χ0n) is 19.7. The fraction of sp³-hybridized carbons (Fsp3) is 0.609. The second-order valence-electron chi connectivity index (χ2n) is 8.53. The summed E-state index contributed by atoms with van der Waals surface area (Å²) in [6.07, 6.45) is 2.26. The lowest BCUT2D eigenvalue weighted by atomic mass is 10.1. The van der Waals surface area contributed by atoms with E-state index in [1.165, 1.54) is 0 Å². The maximum atomic E-state index is 12.7. The molecule has 2 aliphatic heterocycles. The van der Waals surface area contributed by atoms with Crippen LogP contribution in [-0.4, -0.2) is 104 Å². The van der Waals surface area contributed by atoms with E-state index < -0.39 is 0 Å². The highest BCUT2D eigenvalue weighted by Crippen LogP contribution is 2.14. The maximum Gasteiger partial charge on any atom is 0.253 e. The van der Waals surface area contributed by atoms with Crippen molar-refractivity contribution >= 4 is 41.8 Å². The number of piperazine rings is 1. The number of likely N-dealkylation sites (tertiary alicyclic amines) is 1. The standard InChI is InChI=1S/C23H36N6O2.HI/c1-18(21(30)28-11-5-6-12-28)27-13-15-29(16-14-27)23(24-2)25-17-19-7-9-20(10-8-19)22(31)26(3)4;/h7-10,18H,5-6,11-17H2,1-4H3,(H,24,25);1H. The van der Waals surface area contributed by atoms with Crippen LogP contribution in [0.4, 0.5) is 0 Å². The Morgan fingerprint density at radius 3 is 2.12 bits per heavy atom. The van der Waals surface area contributed by atoms with Crippen molar-refractivity contribution in [3.8, 4) is 0 Å². The number of carbonyl (C=O) groups is 2. The molecule has 1 unspecified atom stereocenters. The zero-order chi connectivity index (χ0) is 22.4. The lowest BCUT2D eigenvalue weighted by Gasteiger charge is -2.39. The van der Waals surface area contributed by atoms with Gasteiger partial charge in [-0.3, -0.25) is 19.5 Å². The van der Waals surface area contributed by atoms with E-state index in [0.717, 1.165) is 63.6 Å². The molecular formula is C23H37IN6O2. The number of nitrogens with zero attached hydrogens (tertiary/aromatic N) is 5. The quantitative estimate of drug-likeness (QED) is 0.340. The summed E-state index contributed by atoms with van der Waals surface area (Å²) < 4.78 is 0. The fourth-order valence-electron chi connectivity index (χ4n) is 4.22. The predicted octanol–water partition coefficient (Wildman–Crippen LogP) is 1.71. The van der Waals surface area contributed by atoms with Crippen molar-refractivity contribution in [2.45, 2.75) is 32.4 Å². The molecule has 2 aliphatic rings. The van der Waals surface area contributed by atoms with Crippen molar-refractivity contribution in [2.24, 2.45) is 4.99 Å². The summed E-state index contributed by atoms with van der Waals surface area (Å²) >= 11 is 0. The molecule has 2 amide bonds. The molecule has 0 saturated carbocycles. The zero-order valence-corrected chi connectivity index (χ0v) is 22.0. The van der Waals surface area contributed by atoms with Gasteiger partial charge in [0.25, 0.3) is 5.91 Å². The normalized spacial score (nSPS) is 18.2. The summed E-state index contributed by atoms with van der Waals surface area (Å²) in [6, 6.07) is 7.61. The molecule has 9 heteroatoms. The summed E-state index contributed by atoms with van der Waals surface area (Å²) in [4.78, 5) is 37.3. The van der Waals surface area contributed by atoms with Gasteiger partial charge in [0.15, 0.2) is 5.96 Å². The number of hydrogen-bond acceptors (Lipinski definition) is 4. The number of guanidine groups is 1.